The Labute approximate surface area is 76.6 Å². The van der Waals surface area contributed by atoms with Crippen LogP contribution < -0.4 is 10.6 Å². The minimum absolute atomic E-state index is 0.296. The van der Waals surface area contributed by atoms with E-state index in [1.807, 2.05) is 31.2 Å². The van der Waals surface area contributed by atoms with Crippen molar-refractivity contribution in [2.45, 2.75) is 20.0 Å². The van der Waals surface area contributed by atoms with Gasteiger partial charge in [0.05, 0.1) is 5.36 Å². The molecule has 0 radical (unpaired) electrons. The van der Waals surface area contributed by atoms with Gasteiger partial charge in [-0.25, -0.2) is 0 Å². The maximum absolute atomic E-state index is 11.5. The van der Waals surface area contributed by atoms with Crippen LogP contribution in [0, 0.1) is 5.21 Å². The maximum atomic E-state index is 11.5. The number of rotatable bonds is 0. The number of para-hydroxylation sites is 1. The number of benzene rings is 1. The van der Waals surface area contributed by atoms with Crippen molar-refractivity contribution in [3.63, 3.8) is 0 Å². The predicted molar refractivity (Wildman–Crippen MR) is 51.0 cm³/mol. The van der Waals surface area contributed by atoms with Crippen LogP contribution >= 0.6 is 0 Å². The van der Waals surface area contributed by atoms with Gasteiger partial charge in [0.25, 0.3) is 0 Å². The molecule has 0 aromatic heterocycles. The molecule has 1 heterocycles. The van der Waals surface area contributed by atoms with E-state index in [1.165, 1.54) is 0 Å². The van der Waals surface area contributed by atoms with Crippen LogP contribution in [0.2, 0.25) is 0 Å². The lowest BCUT2D eigenvalue weighted by Gasteiger charge is -2.37. The van der Waals surface area contributed by atoms with Crippen molar-refractivity contribution in [3.05, 3.63) is 40.0 Å². The highest BCUT2D eigenvalue weighted by Gasteiger charge is 2.08. The summed E-state index contributed by atoms with van der Waals surface area (Å²) in [4.78, 5) is 4.27. The third-order valence-electron chi connectivity index (χ3n) is 2.29. The smallest absolute Gasteiger partial charge is 0.108 e. The lowest BCUT2D eigenvalue weighted by atomic mass is 10.2. The zero-order valence-corrected chi connectivity index (χ0v) is 7.69. The van der Waals surface area contributed by atoms with Crippen LogP contribution in [0.1, 0.15) is 13.8 Å². The largest absolute Gasteiger partial charge is 0.757 e. The Balaban J connectivity index is 2.81. The van der Waals surface area contributed by atoms with E-state index in [0.717, 1.165) is 21.3 Å². The summed E-state index contributed by atoms with van der Waals surface area (Å²) in [5.74, 6) is 0. The van der Waals surface area contributed by atoms with Crippen molar-refractivity contribution in [2.24, 2.45) is 4.99 Å². The van der Waals surface area contributed by atoms with Gasteiger partial charge in [-0.15, -0.1) is 0 Å². The quantitative estimate of drug-likeness (QED) is 0.579. The Morgan fingerprint density at radius 1 is 1.38 bits per heavy atom. The summed E-state index contributed by atoms with van der Waals surface area (Å²) in [6.07, 6.45) is -0.296. The zero-order valence-electron chi connectivity index (χ0n) is 7.69. The maximum Gasteiger partial charge on any atom is 0.108 e. The number of hydroxylamine groups is 2. The molecule has 1 unspecified atom stereocenters. The van der Waals surface area contributed by atoms with E-state index in [1.54, 1.807) is 6.92 Å². The van der Waals surface area contributed by atoms with Gasteiger partial charge in [0.2, 0.25) is 0 Å². The fourth-order valence-electron chi connectivity index (χ4n) is 1.54. The highest BCUT2D eigenvalue weighted by molar-refractivity contribution is 5.41. The van der Waals surface area contributed by atoms with Gasteiger partial charge < -0.3 is 10.3 Å². The Kier molecular flexibility index (Phi) is 1.81. The Morgan fingerprint density at radius 2 is 2.08 bits per heavy atom. The van der Waals surface area contributed by atoms with E-state index in [4.69, 9.17) is 0 Å². The third-order valence-corrected chi connectivity index (χ3v) is 2.29. The minimum Gasteiger partial charge on any atom is -0.757 e. The topological polar surface area (TPSA) is 38.7 Å². The molecule has 0 fully saturated rings. The van der Waals surface area contributed by atoms with Gasteiger partial charge >= 0.3 is 0 Å². The van der Waals surface area contributed by atoms with E-state index in [9.17, 15) is 5.21 Å². The average Bonchev–Trinajstić information content (AvgIpc) is 2.15. The van der Waals surface area contributed by atoms with E-state index in [0.29, 0.717) is 0 Å². The highest BCUT2D eigenvalue weighted by atomic mass is 16.5. The van der Waals surface area contributed by atoms with Gasteiger partial charge in [-0.05, 0) is 19.9 Å². The molecule has 0 aliphatic carbocycles. The first-order chi connectivity index (χ1) is 6.20. The molecule has 68 valence electrons. The Bertz CT molecular complexity index is 438. The molecule has 1 aromatic carbocycles. The molecule has 0 N–H and O–H groups in total. The van der Waals surface area contributed by atoms with Crippen molar-refractivity contribution in [2.75, 3.05) is 0 Å². The first kappa shape index (κ1) is 8.26. The van der Waals surface area contributed by atoms with Crippen LogP contribution in [0.25, 0.3) is 5.70 Å². The Hall–Kier alpha value is -1.35. The lowest BCUT2D eigenvalue weighted by Crippen LogP contribution is -2.41. The SMILES string of the molecule is CC1=c2ccccc2=NC(C)N1[O-]. The molecule has 0 saturated heterocycles. The first-order valence-corrected chi connectivity index (χ1v) is 4.30. The summed E-state index contributed by atoms with van der Waals surface area (Å²) >= 11 is 0. The minimum atomic E-state index is -0.296. The number of hydrogen-bond donors (Lipinski definition) is 0. The summed E-state index contributed by atoms with van der Waals surface area (Å²) in [6, 6.07) is 7.71. The summed E-state index contributed by atoms with van der Waals surface area (Å²) < 4.78 is 0. The summed E-state index contributed by atoms with van der Waals surface area (Å²) in [5, 5.41) is 14.3. The molecule has 1 atom stereocenters. The molecule has 1 aliphatic rings. The van der Waals surface area contributed by atoms with Crippen molar-refractivity contribution in [1.29, 1.82) is 0 Å². The molecule has 3 heteroatoms. The molecule has 3 nitrogen and oxygen atoms in total. The molecule has 2 rings (SSSR count). The van der Waals surface area contributed by atoms with Crippen molar-refractivity contribution >= 4 is 5.70 Å². The van der Waals surface area contributed by atoms with Gasteiger partial charge in [-0.1, -0.05) is 18.2 Å². The molecule has 0 bridgehead atoms. The highest BCUT2D eigenvalue weighted by Crippen LogP contribution is 2.08. The van der Waals surface area contributed by atoms with Crippen molar-refractivity contribution in [3.8, 4) is 0 Å². The second kappa shape index (κ2) is 2.85. The first-order valence-electron chi connectivity index (χ1n) is 4.30. The van der Waals surface area contributed by atoms with Crippen molar-refractivity contribution < 1.29 is 0 Å². The van der Waals surface area contributed by atoms with Gasteiger partial charge in [0, 0.05) is 10.9 Å². The standard InChI is InChI=1S/C10H11N2O/c1-7-9-5-3-4-6-10(9)11-8(2)12(7)13/h3-6,8H,1-2H3/q-1. The van der Waals surface area contributed by atoms with Crippen molar-refractivity contribution in [1.82, 2.24) is 5.06 Å². The van der Waals surface area contributed by atoms with Crippen LogP contribution in [-0.4, -0.2) is 11.2 Å². The monoisotopic (exact) mass is 175 g/mol. The average molecular weight is 175 g/mol. The zero-order chi connectivity index (χ0) is 9.42. The number of nitrogens with zero attached hydrogens (tertiary/aromatic N) is 2. The van der Waals surface area contributed by atoms with Gasteiger partial charge in [0.15, 0.2) is 0 Å². The third kappa shape index (κ3) is 1.21. The molecule has 0 saturated carbocycles. The molecule has 0 amide bonds. The van der Waals surface area contributed by atoms with E-state index in [2.05, 4.69) is 4.99 Å². The molecular formula is C10H11N2O-. The normalized spacial score (nSPS) is 21.0. The summed E-state index contributed by atoms with van der Waals surface area (Å²) in [7, 11) is 0. The van der Waals surface area contributed by atoms with E-state index < -0.39 is 0 Å². The van der Waals surface area contributed by atoms with E-state index in [-0.39, 0.29) is 6.17 Å². The molecule has 1 aromatic rings. The fourth-order valence-corrected chi connectivity index (χ4v) is 1.54. The van der Waals surface area contributed by atoms with Crippen LogP contribution in [0.5, 0.6) is 0 Å². The van der Waals surface area contributed by atoms with Gasteiger partial charge in [-0.2, -0.15) is 0 Å². The second-order valence-electron chi connectivity index (χ2n) is 3.19. The Morgan fingerprint density at radius 3 is 2.85 bits per heavy atom. The van der Waals surface area contributed by atoms with Gasteiger partial charge in [-0.3, -0.25) is 4.99 Å². The van der Waals surface area contributed by atoms with E-state index >= 15 is 0 Å². The van der Waals surface area contributed by atoms with Crippen LogP contribution in [-0.2, 0) is 0 Å². The second-order valence-corrected chi connectivity index (χ2v) is 3.19. The number of fused-ring (bicyclic) bond motifs is 1. The predicted octanol–water partition coefficient (Wildman–Crippen LogP) is 0.594. The van der Waals surface area contributed by atoms with Crippen LogP contribution in [0.4, 0.5) is 0 Å². The molecular weight excluding hydrogens is 164 g/mol. The number of hydrogen-bond acceptors (Lipinski definition) is 3. The fraction of sp³-hybridized carbons (Fsp3) is 0.300. The van der Waals surface area contributed by atoms with Crippen LogP contribution in [0.15, 0.2) is 29.3 Å². The lowest BCUT2D eigenvalue weighted by molar-refractivity contribution is 0.401. The summed E-state index contributed by atoms with van der Waals surface area (Å²) in [6.45, 7) is 3.63. The summed E-state index contributed by atoms with van der Waals surface area (Å²) in [5.41, 5.74) is 0.748. The van der Waals surface area contributed by atoms with Gasteiger partial charge in [0.1, 0.15) is 6.17 Å². The molecule has 13 heavy (non-hydrogen) atoms. The van der Waals surface area contributed by atoms with Crippen LogP contribution in [0.3, 0.4) is 0 Å². The molecule has 1 aliphatic heterocycles. The molecule has 0 spiro atoms.